The van der Waals surface area contributed by atoms with E-state index in [2.05, 4.69) is 29.6 Å². The normalized spacial score (nSPS) is 22.6. The van der Waals surface area contributed by atoms with Crippen LogP contribution in [-0.4, -0.2) is 47.4 Å². The first-order valence-electron chi connectivity index (χ1n) is 8.88. The minimum absolute atomic E-state index is 0.122. The summed E-state index contributed by atoms with van der Waals surface area (Å²) < 4.78 is 0. The molecule has 1 aromatic rings. The van der Waals surface area contributed by atoms with E-state index >= 15 is 0 Å². The Bertz CT molecular complexity index is 648. The van der Waals surface area contributed by atoms with Crippen molar-refractivity contribution in [2.45, 2.75) is 38.0 Å². The molecule has 25 heavy (non-hydrogen) atoms. The van der Waals surface area contributed by atoms with Crippen molar-refractivity contribution >= 4 is 17.8 Å². The highest BCUT2D eigenvalue weighted by atomic mass is 16.4. The maximum atomic E-state index is 11.9. The van der Waals surface area contributed by atoms with Gasteiger partial charge < -0.3 is 5.11 Å². The fourth-order valence-corrected chi connectivity index (χ4v) is 3.76. The Hall–Kier alpha value is -2.21. The third-order valence-electron chi connectivity index (χ3n) is 5.23. The number of carboxylic acids is 1. The average molecular weight is 344 g/mol. The van der Waals surface area contributed by atoms with Crippen LogP contribution in [0, 0.1) is 5.92 Å². The molecule has 1 aromatic carbocycles. The Kier molecular flexibility index (Phi) is 5.48. The lowest BCUT2D eigenvalue weighted by Crippen LogP contribution is -2.41. The van der Waals surface area contributed by atoms with E-state index in [0.717, 1.165) is 31.5 Å². The Morgan fingerprint density at radius 2 is 1.80 bits per heavy atom. The molecule has 0 aliphatic carbocycles. The van der Waals surface area contributed by atoms with Crippen LogP contribution in [0.3, 0.4) is 0 Å². The second-order valence-corrected chi connectivity index (χ2v) is 7.04. The van der Waals surface area contributed by atoms with Crippen molar-refractivity contribution in [1.82, 2.24) is 10.2 Å². The number of hydrogen-bond donors (Lipinski definition) is 2. The number of aliphatic carboxylic acids is 1. The fourth-order valence-electron chi connectivity index (χ4n) is 3.76. The fraction of sp³-hybridized carbons (Fsp3) is 0.526. The molecule has 0 radical (unpaired) electrons. The lowest BCUT2D eigenvalue weighted by atomic mass is 9.87. The number of carbonyl (C=O) groups is 3. The summed E-state index contributed by atoms with van der Waals surface area (Å²) in [4.78, 5) is 35.8. The predicted octanol–water partition coefficient (Wildman–Crippen LogP) is 1.55. The van der Waals surface area contributed by atoms with Gasteiger partial charge in [0.05, 0.1) is 6.54 Å². The number of hydrogen-bond acceptors (Lipinski definition) is 4. The second kappa shape index (κ2) is 7.78. The van der Waals surface area contributed by atoms with Gasteiger partial charge in [-0.15, -0.1) is 0 Å². The number of imide groups is 1. The molecule has 6 heteroatoms. The Balaban J connectivity index is 1.53. The van der Waals surface area contributed by atoms with Gasteiger partial charge in [0.2, 0.25) is 11.8 Å². The first-order chi connectivity index (χ1) is 12.0. The molecular formula is C19H24N2O4. The first-order valence-corrected chi connectivity index (χ1v) is 8.88. The Morgan fingerprint density at radius 1 is 1.12 bits per heavy atom. The van der Waals surface area contributed by atoms with E-state index in [4.69, 9.17) is 5.11 Å². The molecule has 2 fully saturated rings. The molecule has 2 saturated heterocycles. The van der Waals surface area contributed by atoms with E-state index in [9.17, 15) is 14.4 Å². The number of nitrogens with one attached hydrogen (secondary N) is 1. The van der Waals surface area contributed by atoms with Crippen molar-refractivity contribution in [1.29, 1.82) is 0 Å². The highest BCUT2D eigenvalue weighted by Gasteiger charge is 2.27. The molecule has 2 N–H and O–H groups in total. The highest BCUT2D eigenvalue weighted by Crippen LogP contribution is 2.28. The van der Waals surface area contributed by atoms with Crippen LogP contribution in [0.5, 0.6) is 0 Å². The summed E-state index contributed by atoms with van der Waals surface area (Å²) >= 11 is 0. The summed E-state index contributed by atoms with van der Waals surface area (Å²) in [6.45, 7) is 1.75. The molecule has 2 aliphatic rings. The van der Waals surface area contributed by atoms with Gasteiger partial charge in [0.1, 0.15) is 0 Å². The molecule has 1 atom stereocenters. The van der Waals surface area contributed by atoms with Gasteiger partial charge in [0.25, 0.3) is 0 Å². The maximum absolute atomic E-state index is 11.9. The topological polar surface area (TPSA) is 86.7 Å². The van der Waals surface area contributed by atoms with Crippen LogP contribution in [0.15, 0.2) is 24.3 Å². The molecule has 0 spiro atoms. The van der Waals surface area contributed by atoms with E-state index in [1.165, 1.54) is 5.56 Å². The zero-order chi connectivity index (χ0) is 17.8. The lowest BCUT2D eigenvalue weighted by molar-refractivity contribution is -0.139. The van der Waals surface area contributed by atoms with Crippen LogP contribution in [0.25, 0.3) is 0 Å². The number of amides is 2. The number of benzene rings is 1. The van der Waals surface area contributed by atoms with Crippen molar-refractivity contribution in [3.8, 4) is 0 Å². The first kappa shape index (κ1) is 17.6. The van der Waals surface area contributed by atoms with Gasteiger partial charge in [0, 0.05) is 12.3 Å². The van der Waals surface area contributed by atoms with Crippen molar-refractivity contribution in [2.24, 2.45) is 5.92 Å². The monoisotopic (exact) mass is 344 g/mol. The Morgan fingerprint density at radius 3 is 2.40 bits per heavy atom. The standard InChI is InChI=1S/C19H24N2O4/c22-17-6-5-16(19(25)20-17)11-13-1-3-14(4-2-13)15-7-9-21(10-8-15)12-18(23)24/h1-4,15-16H,5-12H2,(H,23,24)(H,20,22,25). The van der Waals surface area contributed by atoms with Crippen molar-refractivity contribution in [3.63, 3.8) is 0 Å². The molecular weight excluding hydrogens is 320 g/mol. The summed E-state index contributed by atoms with van der Waals surface area (Å²) in [5.41, 5.74) is 2.39. The molecule has 2 heterocycles. The molecule has 2 amide bonds. The van der Waals surface area contributed by atoms with Gasteiger partial charge in [-0.25, -0.2) is 0 Å². The molecule has 1 unspecified atom stereocenters. The molecule has 3 rings (SSSR count). The zero-order valence-electron chi connectivity index (χ0n) is 14.2. The van der Waals surface area contributed by atoms with E-state index in [1.807, 2.05) is 4.90 Å². The molecule has 134 valence electrons. The SMILES string of the molecule is O=C(O)CN1CCC(c2ccc(CC3CCC(=O)NC3=O)cc2)CC1. The highest BCUT2D eigenvalue weighted by molar-refractivity contribution is 5.98. The summed E-state index contributed by atoms with van der Waals surface area (Å²) in [6.07, 6.45) is 3.65. The van der Waals surface area contributed by atoms with Crippen molar-refractivity contribution in [3.05, 3.63) is 35.4 Å². The number of carbonyl (C=O) groups excluding carboxylic acids is 2. The smallest absolute Gasteiger partial charge is 0.317 e. The summed E-state index contributed by atoms with van der Waals surface area (Å²) in [5.74, 6) is -0.759. The van der Waals surface area contributed by atoms with E-state index in [1.54, 1.807) is 0 Å². The van der Waals surface area contributed by atoms with Crippen molar-refractivity contribution < 1.29 is 19.5 Å². The Labute approximate surface area is 147 Å². The van der Waals surface area contributed by atoms with Gasteiger partial charge in [-0.1, -0.05) is 24.3 Å². The van der Waals surface area contributed by atoms with E-state index < -0.39 is 5.97 Å². The van der Waals surface area contributed by atoms with Crippen LogP contribution < -0.4 is 5.32 Å². The molecule has 0 bridgehead atoms. The van der Waals surface area contributed by atoms with Crippen LogP contribution >= 0.6 is 0 Å². The third kappa shape index (κ3) is 4.66. The lowest BCUT2D eigenvalue weighted by Gasteiger charge is -2.31. The summed E-state index contributed by atoms with van der Waals surface area (Å²) in [7, 11) is 0. The van der Waals surface area contributed by atoms with Gasteiger partial charge in [0.15, 0.2) is 0 Å². The largest absolute Gasteiger partial charge is 0.480 e. The van der Waals surface area contributed by atoms with Crippen LogP contribution in [0.4, 0.5) is 0 Å². The van der Waals surface area contributed by atoms with E-state index in [-0.39, 0.29) is 24.3 Å². The summed E-state index contributed by atoms with van der Waals surface area (Å²) in [6, 6.07) is 8.39. The predicted molar refractivity (Wildman–Crippen MR) is 92.1 cm³/mol. The van der Waals surface area contributed by atoms with Crippen LogP contribution in [-0.2, 0) is 20.8 Å². The van der Waals surface area contributed by atoms with Gasteiger partial charge in [-0.2, -0.15) is 0 Å². The molecule has 0 saturated carbocycles. The van der Waals surface area contributed by atoms with E-state index in [0.29, 0.717) is 25.2 Å². The third-order valence-corrected chi connectivity index (χ3v) is 5.23. The quantitative estimate of drug-likeness (QED) is 0.792. The summed E-state index contributed by atoms with van der Waals surface area (Å²) in [5, 5.41) is 11.3. The minimum atomic E-state index is -0.767. The second-order valence-electron chi connectivity index (χ2n) is 7.04. The number of piperidine rings is 2. The number of carboxylic acid groups (broad SMARTS) is 1. The number of rotatable bonds is 5. The van der Waals surface area contributed by atoms with Gasteiger partial charge in [-0.05, 0) is 55.8 Å². The minimum Gasteiger partial charge on any atom is -0.480 e. The maximum Gasteiger partial charge on any atom is 0.317 e. The molecule has 6 nitrogen and oxygen atoms in total. The van der Waals surface area contributed by atoms with Crippen molar-refractivity contribution in [2.75, 3.05) is 19.6 Å². The van der Waals surface area contributed by atoms with Gasteiger partial charge >= 0.3 is 5.97 Å². The molecule has 2 aliphatic heterocycles. The number of nitrogens with zero attached hydrogens (tertiary/aromatic N) is 1. The number of likely N-dealkylation sites (tertiary alicyclic amines) is 1. The zero-order valence-corrected chi connectivity index (χ0v) is 14.2. The van der Waals surface area contributed by atoms with Gasteiger partial charge in [-0.3, -0.25) is 24.6 Å². The molecule has 0 aromatic heterocycles. The average Bonchev–Trinajstić information content (AvgIpc) is 2.58. The van der Waals surface area contributed by atoms with Crippen LogP contribution in [0.2, 0.25) is 0 Å². The van der Waals surface area contributed by atoms with Crippen LogP contribution in [0.1, 0.15) is 42.7 Å².